The second kappa shape index (κ2) is 8.46. The lowest BCUT2D eigenvalue weighted by molar-refractivity contribution is -0.137. The molecule has 1 aromatic carbocycles. The molecule has 1 aromatic rings. The van der Waals surface area contributed by atoms with Crippen molar-refractivity contribution in [3.8, 4) is 0 Å². The third kappa shape index (κ3) is 6.32. The van der Waals surface area contributed by atoms with Gasteiger partial charge in [-0.1, -0.05) is 0 Å². The Balaban J connectivity index is 3.04. The molecule has 0 fully saturated rings. The number of alkyl halides is 5. The van der Waals surface area contributed by atoms with Crippen LogP contribution in [0, 0.1) is 0 Å². The van der Waals surface area contributed by atoms with Crippen LogP contribution in [0.2, 0.25) is 0 Å². The molecular weight excluding hydrogens is 343 g/mol. The van der Waals surface area contributed by atoms with E-state index in [-0.39, 0.29) is 17.2 Å². The van der Waals surface area contributed by atoms with Gasteiger partial charge in [-0.25, -0.2) is 8.78 Å². The van der Waals surface area contributed by atoms with Gasteiger partial charge >= 0.3 is 6.18 Å². The van der Waals surface area contributed by atoms with Crippen molar-refractivity contribution in [3.63, 3.8) is 0 Å². The summed E-state index contributed by atoms with van der Waals surface area (Å²) in [5.74, 6) is -1.39. The van der Waals surface area contributed by atoms with Crippen molar-refractivity contribution in [3.05, 3.63) is 23.8 Å². The summed E-state index contributed by atoms with van der Waals surface area (Å²) in [5, 5.41) is 2.22. The Morgan fingerprint density at radius 2 is 2.04 bits per heavy atom. The number of methoxy groups -OCH3 is 1. The zero-order valence-corrected chi connectivity index (χ0v) is 12.8. The number of thioether (sulfide) groups is 1. The monoisotopic (exact) mass is 358 g/mol. The highest BCUT2D eigenvalue weighted by Crippen LogP contribution is 2.36. The number of nitrogens with one attached hydrogen (secondary N) is 1. The topological polar surface area (TPSA) is 64.3 Å². The van der Waals surface area contributed by atoms with E-state index < -0.39 is 35.9 Å². The Bertz CT molecular complexity index is 540. The summed E-state index contributed by atoms with van der Waals surface area (Å²) >= 11 is 0.637. The summed E-state index contributed by atoms with van der Waals surface area (Å²) < 4.78 is 67.5. The van der Waals surface area contributed by atoms with Crippen molar-refractivity contribution >= 4 is 23.4 Å². The molecule has 130 valence electrons. The fourth-order valence-corrected chi connectivity index (χ4v) is 2.30. The predicted molar refractivity (Wildman–Crippen MR) is 76.7 cm³/mol. The van der Waals surface area contributed by atoms with Crippen LogP contribution < -0.4 is 11.1 Å². The van der Waals surface area contributed by atoms with Gasteiger partial charge in [0.15, 0.2) is 0 Å². The molecule has 0 heterocycles. The highest BCUT2D eigenvalue weighted by Gasteiger charge is 2.31. The number of hydrogen-bond donors (Lipinski definition) is 2. The first-order valence-electron chi connectivity index (χ1n) is 6.32. The second-order valence-corrected chi connectivity index (χ2v) is 5.52. The lowest BCUT2D eigenvalue weighted by atomic mass is 10.2. The molecule has 1 atom stereocenters. The fourth-order valence-electron chi connectivity index (χ4n) is 1.56. The molecule has 0 aliphatic heterocycles. The van der Waals surface area contributed by atoms with Gasteiger partial charge in [-0.05, 0) is 18.2 Å². The molecular formula is C13H15F5N2O2S. The highest BCUT2D eigenvalue weighted by atomic mass is 32.2. The second-order valence-electron chi connectivity index (χ2n) is 4.46. The number of carbonyl (C=O) groups is 1. The number of rotatable bonds is 7. The Morgan fingerprint density at radius 1 is 1.39 bits per heavy atom. The molecule has 0 bridgehead atoms. The molecule has 1 unspecified atom stereocenters. The molecule has 1 rings (SSSR count). The van der Waals surface area contributed by atoms with E-state index in [1.807, 2.05) is 0 Å². The quantitative estimate of drug-likeness (QED) is 0.581. The first-order chi connectivity index (χ1) is 10.6. The number of hydrogen-bond acceptors (Lipinski definition) is 4. The van der Waals surface area contributed by atoms with Gasteiger partial charge in [0.25, 0.3) is 0 Å². The Kier molecular flexibility index (Phi) is 7.23. The molecule has 3 N–H and O–H groups in total. The number of carbonyl (C=O) groups excluding carboxylic acids is 1. The van der Waals surface area contributed by atoms with Crippen LogP contribution in [0.5, 0.6) is 0 Å². The average molecular weight is 358 g/mol. The van der Waals surface area contributed by atoms with E-state index in [2.05, 4.69) is 10.1 Å². The van der Waals surface area contributed by atoms with E-state index in [1.54, 1.807) is 0 Å². The minimum atomic E-state index is -4.62. The van der Waals surface area contributed by atoms with Crippen molar-refractivity contribution < 1.29 is 31.5 Å². The molecule has 1 amide bonds. The van der Waals surface area contributed by atoms with E-state index in [4.69, 9.17) is 5.73 Å². The van der Waals surface area contributed by atoms with Crippen LogP contribution in [0.1, 0.15) is 5.56 Å². The summed E-state index contributed by atoms with van der Waals surface area (Å²) in [7, 11) is 1.31. The Hall–Kier alpha value is -1.39. The third-order valence-electron chi connectivity index (χ3n) is 2.61. The molecule has 0 aliphatic carbocycles. The first kappa shape index (κ1) is 19.7. The van der Waals surface area contributed by atoms with E-state index in [0.717, 1.165) is 12.1 Å². The van der Waals surface area contributed by atoms with Gasteiger partial charge in [0.2, 0.25) is 12.3 Å². The van der Waals surface area contributed by atoms with Crippen molar-refractivity contribution in [2.24, 2.45) is 5.73 Å². The van der Waals surface area contributed by atoms with E-state index in [0.29, 0.717) is 17.8 Å². The zero-order chi connectivity index (χ0) is 17.6. The third-order valence-corrected chi connectivity index (χ3v) is 3.70. The van der Waals surface area contributed by atoms with Crippen molar-refractivity contribution in [1.29, 1.82) is 0 Å². The van der Waals surface area contributed by atoms with Crippen molar-refractivity contribution in [2.45, 2.75) is 23.5 Å². The van der Waals surface area contributed by atoms with E-state index in [9.17, 15) is 26.7 Å². The zero-order valence-electron chi connectivity index (χ0n) is 12.0. The maximum atomic E-state index is 12.7. The molecule has 0 aliphatic rings. The van der Waals surface area contributed by atoms with Gasteiger partial charge in [0.05, 0.1) is 23.6 Å². The molecule has 0 saturated carbocycles. The van der Waals surface area contributed by atoms with E-state index in [1.165, 1.54) is 7.11 Å². The fraction of sp³-hybridized carbons (Fsp3) is 0.462. The van der Waals surface area contributed by atoms with Crippen LogP contribution in [0.4, 0.5) is 27.6 Å². The number of anilines is 1. The number of ether oxygens (including phenoxy) is 1. The van der Waals surface area contributed by atoms with Crippen LogP contribution in [0.3, 0.4) is 0 Å². The SMILES string of the molecule is COCC(N)C(=O)Nc1cc(C(F)(F)F)ccc1SCC(F)F. The summed E-state index contributed by atoms with van der Waals surface area (Å²) in [5.41, 5.74) is 4.26. The van der Waals surface area contributed by atoms with Gasteiger partial charge in [-0.3, -0.25) is 4.79 Å². The number of amides is 1. The number of halogens is 5. The van der Waals surface area contributed by atoms with Gasteiger partial charge < -0.3 is 15.8 Å². The smallest absolute Gasteiger partial charge is 0.383 e. The normalized spacial score (nSPS) is 13.2. The van der Waals surface area contributed by atoms with Crippen LogP contribution in [0.25, 0.3) is 0 Å². The van der Waals surface area contributed by atoms with Crippen LogP contribution in [-0.2, 0) is 15.7 Å². The summed E-state index contributed by atoms with van der Waals surface area (Å²) in [6.07, 6.45) is -7.26. The Labute approximate surface area is 133 Å². The van der Waals surface area contributed by atoms with Gasteiger partial charge in [0, 0.05) is 12.0 Å². The molecule has 4 nitrogen and oxygen atoms in total. The summed E-state index contributed by atoms with van der Waals surface area (Å²) in [6, 6.07) is 1.39. The minimum Gasteiger partial charge on any atom is -0.383 e. The Morgan fingerprint density at radius 3 is 2.57 bits per heavy atom. The maximum absolute atomic E-state index is 12.7. The summed E-state index contributed by atoms with van der Waals surface area (Å²) in [4.78, 5) is 11.9. The number of benzene rings is 1. The highest BCUT2D eigenvalue weighted by molar-refractivity contribution is 7.99. The van der Waals surface area contributed by atoms with Crippen LogP contribution in [-0.4, -0.2) is 37.8 Å². The molecule has 0 aromatic heterocycles. The van der Waals surface area contributed by atoms with Crippen LogP contribution in [0.15, 0.2) is 23.1 Å². The van der Waals surface area contributed by atoms with Crippen molar-refractivity contribution in [1.82, 2.24) is 0 Å². The molecule has 0 saturated heterocycles. The van der Waals surface area contributed by atoms with E-state index >= 15 is 0 Å². The molecule has 10 heteroatoms. The standard InChI is InChI=1S/C13H15F5N2O2S/c1-22-5-8(19)12(21)20-9-4-7(13(16,17)18)2-3-10(9)23-6-11(14)15/h2-4,8,11H,5-6,19H2,1H3,(H,20,21). The molecule has 0 radical (unpaired) electrons. The average Bonchev–Trinajstić information content (AvgIpc) is 2.44. The molecule has 0 spiro atoms. The van der Waals surface area contributed by atoms with Crippen molar-refractivity contribution in [2.75, 3.05) is 24.8 Å². The predicted octanol–water partition coefficient (Wildman–Crippen LogP) is 2.97. The first-order valence-corrected chi connectivity index (χ1v) is 7.31. The lowest BCUT2D eigenvalue weighted by Gasteiger charge is -2.16. The van der Waals surface area contributed by atoms with Gasteiger partial charge in [0.1, 0.15) is 6.04 Å². The lowest BCUT2D eigenvalue weighted by Crippen LogP contribution is -2.39. The number of nitrogens with two attached hydrogens (primary N) is 1. The van der Waals surface area contributed by atoms with Crippen LogP contribution >= 0.6 is 11.8 Å². The largest absolute Gasteiger partial charge is 0.416 e. The molecule has 23 heavy (non-hydrogen) atoms. The maximum Gasteiger partial charge on any atom is 0.416 e. The minimum absolute atomic E-state index is 0.0938. The van der Waals surface area contributed by atoms with Gasteiger partial charge in [-0.15, -0.1) is 11.8 Å². The summed E-state index contributed by atoms with van der Waals surface area (Å²) in [6.45, 7) is -0.135. The van der Waals surface area contributed by atoms with Gasteiger partial charge in [-0.2, -0.15) is 13.2 Å².